The molecule has 12 rings (SSSR count). The highest BCUT2D eigenvalue weighted by Crippen LogP contribution is 2.58. The van der Waals surface area contributed by atoms with Crippen LogP contribution in [0.3, 0.4) is 0 Å². The van der Waals surface area contributed by atoms with Crippen LogP contribution >= 0.6 is 22.7 Å². The van der Waals surface area contributed by atoms with E-state index in [2.05, 4.69) is 194 Å². The van der Waals surface area contributed by atoms with Crippen molar-refractivity contribution in [2.45, 2.75) is 5.41 Å². The minimum absolute atomic E-state index is 0.518. The molecule has 4 heteroatoms. The topological polar surface area (TPSA) is 25.8 Å². The van der Waals surface area contributed by atoms with Gasteiger partial charge in [-0.15, -0.1) is 22.7 Å². The normalized spacial score (nSPS) is 13.1. The molecule has 3 aromatic heterocycles. The first-order valence-electron chi connectivity index (χ1n) is 19.3. The summed E-state index contributed by atoms with van der Waals surface area (Å²) in [6.45, 7) is 0. The molecule has 0 N–H and O–H groups in total. The third kappa shape index (κ3) is 4.75. The molecule has 0 amide bonds. The van der Waals surface area contributed by atoms with E-state index >= 15 is 0 Å². The van der Waals surface area contributed by atoms with Crippen LogP contribution in [0, 0.1) is 0 Å². The first kappa shape index (κ1) is 32.5. The van der Waals surface area contributed by atoms with Crippen molar-refractivity contribution < 1.29 is 0 Å². The lowest BCUT2D eigenvalue weighted by Crippen LogP contribution is -2.28. The predicted molar refractivity (Wildman–Crippen MR) is 241 cm³/mol. The lowest BCUT2D eigenvalue weighted by molar-refractivity contribution is 0.768. The van der Waals surface area contributed by atoms with Gasteiger partial charge in [-0.05, 0) is 51.6 Å². The molecule has 0 unspecified atom stereocenters. The van der Waals surface area contributed by atoms with Crippen LogP contribution in [0.2, 0.25) is 0 Å². The highest BCUT2D eigenvalue weighted by molar-refractivity contribution is 7.26. The largest absolute Gasteiger partial charge is 0.228 e. The van der Waals surface area contributed by atoms with E-state index in [0.29, 0.717) is 0 Å². The average molecular weight is 761 g/mol. The first-order chi connectivity index (χ1) is 28.3. The maximum atomic E-state index is 5.59. The van der Waals surface area contributed by atoms with E-state index in [4.69, 9.17) is 9.97 Å². The van der Waals surface area contributed by atoms with Gasteiger partial charge < -0.3 is 0 Å². The summed E-state index contributed by atoms with van der Waals surface area (Å²) in [5.74, 6) is 0.724. The van der Waals surface area contributed by atoms with Gasteiger partial charge in [0.2, 0.25) is 0 Å². The van der Waals surface area contributed by atoms with Crippen molar-refractivity contribution in [2.24, 2.45) is 0 Å². The second kappa shape index (κ2) is 12.7. The summed E-state index contributed by atoms with van der Waals surface area (Å²) in [6.07, 6.45) is 0. The zero-order valence-electron chi connectivity index (χ0n) is 30.7. The van der Waals surface area contributed by atoms with E-state index in [1.54, 1.807) is 0 Å². The van der Waals surface area contributed by atoms with Crippen molar-refractivity contribution in [3.8, 4) is 45.0 Å². The number of thiophene rings is 2. The summed E-state index contributed by atoms with van der Waals surface area (Å²) < 4.78 is 5.04. The fraction of sp³-hybridized carbons (Fsp3) is 0.0189. The molecule has 2 nitrogen and oxygen atoms in total. The van der Waals surface area contributed by atoms with Crippen molar-refractivity contribution in [2.75, 3.05) is 0 Å². The SMILES string of the molecule is c1ccc(C2(c3ccccc3)c3ccccc3-c3c(-c4nc(-c5cccc6c5sc5ccccc56)cc(-c5cccc6c5sc5ccccc56)n4)cccc32)cc1. The van der Waals surface area contributed by atoms with Crippen LogP contribution in [0.25, 0.3) is 85.4 Å². The number of fused-ring (bicyclic) bond motifs is 9. The molecule has 0 radical (unpaired) electrons. The minimum Gasteiger partial charge on any atom is -0.228 e. The van der Waals surface area contributed by atoms with E-state index in [0.717, 1.165) is 33.9 Å². The molecule has 0 saturated heterocycles. The summed E-state index contributed by atoms with van der Waals surface area (Å²) in [6, 6.07) is 70.6. The van der Waals surface area contributed by atoms with Crippen LogP contribution in [0.1, 0.15) is 22.3 Å². The third-order valence-corrected chi connectivity index (χ3v) is 14.2. The van der Waals surface area contributed by atoms with Gasteiger partial charge in [0, 0.05) is 57.0 Å². The maximum absolute atomic E-state index is 5.59. The van der Waals surface area contributed by atoms with Gasteiger partial charge in [0.15, 0.2) is 5.82 Å². The summed E-state index contributed by atoms with van der Waals surface area (Å²) in [4.78, 5) is 11.2. The first-order valence-corrected chi connectivity index (χ1v) is 21.0. The molecule has 57 heavy (non-hydrogen) atoms. The van der Waals surface area contributed by atoms with Crippen LogP contribution in [0.4, 0.5) is 0 Å². The summed E-state index contributed by atoms with van der Waals surface area (Å²) >= 11 is 3.68. The molecule has 3 heterocycles. The minimum atomic E-state index is -0.518. The molecular formula is C53H32N2S2. The van der Waals surface area contributed by atoms with Gasteiger partial charge in [-0.2, -0.15) is 0 Å². The van der Waals surface area contributed by atoms with Crippen molar-refractivity contribution in [3.63, 3.8) is 0 Å². The van der Waals surface area contributed by atoms with Crippen molar-refractivity contribution >= 4 is 63.0 Å². The van der Waals surface area contributed by atoms with Crippen molar-refractivity contribution in [1.29, 1.82) is 0 Å². The summed E-state index contributed by atoms with van der Waals surface area (Å²) in [5.41, 5.74) is 12.0. The molecule has 0 atom stereocenters. The summed E-state index contributed by atoms with van der Waals surface area (Å²) in [5, 5.41) is 5.07. The monoisotopic (exact) mass is 760 g/mol. The van der Waals surface area contributed by atoms with Gasteiger partial charge in [0.05, 0.1) is 16.8 Å². The Hall–Kier alpha value is -6.72. The number of hydrogen-bond acceptors (Lipinski definition) is 4. The molecular weight excluding hydrogens is 729 g/mol. The van der Waals surface area contributed by atoms with E-state index in [-0.39, 0.29) is 0 Å². The molecule has 0 aliphatic heterocycles. The second-order valence-corrected chi connectivity index (χ2v) is 16.9. The van der Waals surface area contributed by atoms with Gasteiger partial charge in [-0.3, -0.25) is 0 Å². The van der Waals surface area contributed by atoms with Crippen molar-refractivity contribution in [1.82, 2.24) is 9.97 Å². The van der Waals surface area contributed by atoms with E-state index in [1.807, 2.05) is 22.7 Å². The Morgan fingerprint density at radius 2 is 0.789 bits per heavy atom. The molecule has 0 saturated carbocycles. The highest BCUT2D eigenvalue weighted by Gasteiger charge is 2.47. The Kier molecular flexibility index (Phi) is 7.22. The highest BCUT2D eigenvalue weighted by atomic mass is 32.1. The molecule has 11 aromatic rings. The average Bonchev–Trinajstić information content (AvgIpc) is 3.95. The van der Waals surface area contributed by atoms with E-state index < -0.39 is 5.41 Å². The number of rotatable bonds is 5. The number of hydrogen-bond donors (Lipinski definition) is 0. The van der Waals surface area contributed by atoms with Gasteiger partial charge in [0.1, 0.15) is 0 Å². The van der Waals surface area contributed by atoms with Gasteiger partial charge in [-0.1, -0.05) is 176 Å². The maximum Gasteiger partial charge on any atom is 0.161 e. The van der Waals surface area contributed by atoms with Gasteiger partial charge in [-0.25, -0.2) is 9.97 Å². The lowest BCUT2D eigenvalue weighted by atomic mass is 9.67. The number of aromatic nitrogens is 2. The quantitative estimate of drug-likeness (QED) is 0.175. The Morgan fingerprint density at radius 3 is 1.39 bits per heavy atom. The Labute approximate surface area is 338 Å². The van der Waals surface area contributed by atoms with Crippen LogP contribution < -0.4 is 0 Å². The Bertz CT molecular complexity index is 3190. The van der Waals surface area contributed by atoms with E-state index in [9.17, 15) is 0 Å². The van der Waals surface area contributed by atoms with Crippen LogP contribution in [-0.2, 0) is 5.41 Å². The molecule has 0 fully saturated rings. The molecule has 266 valence electrons. The molecule has 0 bridgehead atoms. The zero-order valence-corrected chi connectivity index (χ0v) is 32.3. The predicted octanol–water partition coefficient (Wildman–Crippen LogP) is 14.6. The molecule has 8 aromatic carbocycles. The fourth-order valence-electron chi connectivity index (χ4n) is 9.42. The fourth-order valence-corrected chi connectivity index (χ4v) is 11.9. The molecule has 1 aliphatic carbocycles. The lowest BCUT2D eigenvalue weighted by Gasteiger charge is -2.33. The zero-order chi connectivity index (χ0) is 37.5. The summed E-state index contributed by atoms with van der Waals surface area (Å²) in [7, 11) is 0. The van der Waals surface area contributed by atoms with E-state index in [1.165, 1.54) is 73.7 Å². The van der Waals surface area contributed by atoms with Gasteiger partial charge in [0.25, 0.3) is 0 Å². The third-order valence-electron chi connectivity index (χ3n) is 11.8. The Morgan fingerprint density at radius 1 is 0.351 bits per heavy atom. The Balaban J connectivity index is 1.18. The van der Waals surface area contributed by atoms with Gasteiger partial charge >= 0.3 is 0 Å². The molecule has 0 spiro atoms. The standard InChI is InChI=1S/C53H32N2S2/c1-3-16-33(17-4-1)53(34-18-5-2-6-19-34)43-28-10-7-22-39(43)49-42(27-15-29-44(49)53)52-54-45(40-25-13-23-37-35-20-8-11-30-47(35)56-50(37)40)32-46(55-52)41-26-14-24-38-36-21-9-12-31-48(36)57-51(38)41/h1-32H. The smallest absolute Gasteiger partial charge is 0.161 e. The number of benzene rings is 8. The van der Waals surface area contributed by atoms with Crippen molar-refractivity contribution in [3.05, 3.63) is 216 Å². The van der Waals surface area contributed by atoms with Crippen LogP contribution in [0.5, 0.6) is 0 Å². The molecule has 1 aliphatic rings. The van der Waals surface area contributed by atoms with Crippen LogP contribution in [0.15, 0.2) is 194 Å². The number of nitrogens with zero attached hydrogens (tertiary/aromatic N) is 2. The van der Waals surface area contributed by atoms with Crippen LogP contribution in [-0.4, -0.2) is 9.97 Å². The second-order valence-electron chi connectivity index (χ2n) is 14.8.